The van der Waals surface area contributed by atoms with E-state index in [-0.39, 0.29) is 11.8 Å². The molecule has 0 aromatic heterocycles. The van der Waals surface area contributed by atoms with Crippen LogP contribution < -0.4 is 0 Å². The van der Waals surface area contributed by atoms with E-state index in [1.807, 2.05) is 105 Å². The molecule has 0 bridgehead atoms. The molecule has 4 rings (SSSR count). The van der Waals surface area contributed by atoms with Crippen molar-refractivity contribution in [2.24, 2.45) is 5.92 Å². The summed E-state index contributed by atoms with van der Waals surface area (Å²) in [6, 6.07) is 29.1. The molecule has 3 aromatic carbocycles. The molecule has 0 spiro atoms. The summed E-state index contributed by atoms with van der Waals surface area (Å²) in [7, 11) is 0. The highest BCUT2D eigenvalue weighted by Gasteiger charge is 2.52. The minimum absolute atomic E-state index is 0.197. The predicted molar refractivity (Wildman–Crippen MR) is 120 cm³/mol. The molecule has 3 aromatic rings. The zero-order chi connectivity index (χ0) is 21.8. The third-order valence-corrected chi connectivity index (χ3v) is 5.82. The van der Waals surface area contributed by atoms with Crippen molar-refractivity contribution in [1.82, 2.24) is 4.90 Å². The Labute approximate surface area is 183 Å². The number of cyclic esters (lactones) is 1. The number of nitrogens with zero attached hydrogens (tertiary/aromatic N) is 1. The van der Waals surface area contributed by atoms with Crippen LogP contribution in [0, 0.1) is 5.92 Å². The number of imide groups is 1. The minimum Gasteiger partial charge on any atom is -0.440 e. The van der Waals surface area contributed by atoms with Crippen LogP contribution in [0.3, 0.4) is 0 Å². The van der Waals surface area contributed by atoms with Gasteiger partial charge in [0.15, 0.2) is 0 Å². The van der Waals surface area contributed by atoms with Crippen LogP contribution in [0.15, 0.2) is 91.0 Å². The first-order valence-corrected chi connectivity index (χ1v) is 10.6. The van der Waals surface area contributed by atoms with Gasteiger partial charge >= 0.3 is 6.09 Å². The molecular formula is C27H27NO3. The van der Waals surface area contributed by atoms with Gasteiger partial charge in [0.25, 0.3) is 0 Å². The van der Waals surface area contributed by atoms with Gasteiger partial charge in [0.2, 0.25) is 5.91 Å². The maximum atomic E-state index is 13.9. The van der Waals surface area contributed by atoms with E-state index in [0.29, 0.717) is 12.8 Å². The zero-order valence-corrected chi connectivity index (χ0v) is 17.9. The summed E-state index contributed by atoms with van der Waals surface area (Å²) >= 11 is 0. The average Bonchev–Trinajstić information content (AvgIpc) is 3.03. The van der Waals surface area contributed by atoms with E-state index < -0.39 is 17.7 Å². The lowest BCUT2D eigenvalue weighted by Gasteiger charge is -2.30. The number of ether oxygens (including phenoxy) is 1. The molecule has 0 N–H and O–H groups in total. The SMILES string of the molecule is CC1(C)OC(=O)N(C(=O)C(Cc2ccccc2)Cc2ccccc2)[C@H]1c1ccccc1. The Morgan fingerprint density at radius 1 is 0.839 bits per heavy atom. The molecule has 0 radical (unpaired) electrons. The van der Waals surface area contributed by atoms with Crippen molar-refractivity contribution in [3.8, 4) is 0 Å². The summed E-state index contributed by atoms with van der Waals surface area (Å²) in [6.45, 7) is 3.72. The number of hydrogen-bond donors (Lipinski definition) is 0. The summed E-state index contributed by atoms with van der Waals surface area (Å²) in [4.78, 5) is 28.1. The summed E-state index contributed by atoms with van der Waals surface area (Å²) in [5.74, 6) is -0.574. The maximum Gasteiger partial charge on any atom is 0.417 e. The van der Waals surface area contributed by atoms with E-state index in [4.69, 9.17) is 4.74 Å². The van der Waals surface area contributed by atoms with Crippen molar-refractivity contribution in [3.63, 3.8) is 0 Å². The number of rotatable bonds is 6. The van der Waals surface area contributed by atoms with Gasteiger partial charge in [-0.2, -0.15) is 0 Å². The number of benzene rings is 3. The van der Waals surface area contributed by atoms with Gasteiger partial charge in [-0.15, -0.1) is 0 Å². The molecule has 1 aliphatic rings. The maximum absolute atomic E-state index is 13.9. The fraction of sp³-hybridized carbons (Fsp3) is 0.259. The van der Waals surface area contributed by atoms with Crippen LogP contribution in [0.1, 0.15) is 36.6 Å². The van der Waals surface area contributed by atoms with E-state index in [0.717, 1.165) is 16.7 Å². The number of amides is 2. The Balaban J connectivity index is 1.69. The Morgan fingerprint density at radius 2 is 1.29 bits per heavy atom. The molecule has 1 atom stereocenters. The fourth-order valence-electron chi connectivity index (χ4n) is 4.39. The van der Waals surface area contributed by atoms with E-state index in [9.17, 15) is 9.59 Å². The van der Waals surface area contributed by atoms with Crippen LogP contribution in [0.5, 0.6) is 0 Å². The van der Waals surface area contributed by atoms with Gasteiger partial charge in [0.05, 0.1) is 0 Å². The van der Waals surface area contributed by atoms with Gasteiger partial charge in [-0.25, -0.2) is 9.69 Å². The Morgan fingerprint density at radius 3 is 1.77 bits per heavy atom. The molecular weight excluding hydrogens is 386 g/mol. The highest BCUT2D eigenvalue weighted by molar-refractivity contribution is 5.95. The van der Waals surface area contributed by atoms with Gasteiger partial charge in [0, 0.05) is 5.92 Å². The van der Waals surface area contributed by atoms with Gasteiger partial charge in [-0.1, -0.05) is 91.0 Å². The Bertz CT molecular complexity index is 990. The summed E-state index contributed by atoms with van der Waals surface area (Å²) < 4.78 is 5.67. The lowest BCUT2D eigenvalue weighted by Crippen LogP contribution is -2.42. The second-order valence-electron chi connectivity index (χ2n) is 8.57. The first-order valence-electron chi connectivity index (χ1n) is 10.6. The first kappa shape index (κ1) is 20.9. The van der Waals surface area contributed by atoms with E-state index in [1.165, 1.54) is 4.90 Å². The Hall–Kier alpha value is -3.40. The number of carbonyl (C=O) groups excluding carboxylic acids is 2. The van der Waals surface area contributed by atoms with Crippen molar-refractivity contribution in [2.45, 2.75) is 38.3 Å². The van der Waals surface area contributed by atoms with Gasteiger partial charge < -0.3 is 4.74 Å². The molecule has 1 aliphatic heterocycles. The highest BCUT2D eigenvalue weighted by Crippen LogP contribution is 2.42. The van der Waals surface area contributed by atoms with Crippen molar-refractivity contribution < 1.29 is 14.3 Å². The first-order chi connectivity index (χ1) is 15.0. The molecule has 4 nitrogen and oxygen atoms in total. The van der Waals surface area contributed by atoms with E-state index in [1.54, 1.807) is 0 Å². The zero-order valence-electron chi connectivity index (χ0n) is 17.9. The lowest BCUT2D eigenvalue weighted by atomic mass is 9.88. The normalized spacial score (nSPS) is 17.6. The topological polar surface area (TPSA) is 46.6 Å². The lowest BCUT2D eigenvalue weighted by molar-refractivity contribution is -0.134. The standard InChI is InChI=1S/C27H27NO3/c1-27(2)24(22-16-10-5-11-17-22)28(26(30)31-27)25(29)23(18-20-12-6-3-7-13-20)19-21-14-8-4-9-15-21/h3-17,23-24H,18-19H2,1-2H3/t24-/m0/s1. The Kier molecular flexibility index (Phi) is 5.90. The van der Waals surface area contributed by atoms with Crippen molar-refractivity contribution in [3.05, 3.63) is 108 Å². The molecule has 0 saturated carbocycles. The molecule has 2 amide bonds. The van der Waals surface area contributed by atoms with Gasteiger partial charge in [-0.3, -0.25) is 4.79 Å². The number of hydrogen-bond acceptors (Lipinski definition) is 3. The number of carbonyl (C=O) groups is 2. The minimum atomic E-state index is -0.807. The van der Waals surface area contributed by atoms with Crippen LogP contribution in [-0.4, -0.2) is 22.5 Å². The predicted octanol–water partition coefficient (Wildman–Crippen LogP) is 5.59. The molecule has 4 heteroatoms. The van der Waals surface area contributed by atoms with Crippen molar-refractivity contribution in [2.75, 3.05) is 0 Å². The fourth-order valence-corrected chi connectivity index (χ4v) is 4.39. The second kappa shape index (κ2) is 8.76. The van der Waals surface area contributed by atoms with Crippen LogP contribution in [0.25, 0.3) is 0 Å². The molecule has 0 aliphatic carbocycles. The van der Waals surface area contributed by atoms with Crippen molar-refractivity contribution >= 4 is 12.0 Å². The summed E-state index contributed by atoms with van der Waals surface area (Å²) in [5.41, 5.74) is 2.22. The molecule has 1 heterocycles. The summed E-state index contributed by atoms with van der Waals surface area (Å²) in [6.07, 6.45) is 0.538. The molecule has 0 unspecified atom stereocenters. The van der Waals surface area contributed by atoms with Crippen LogP contribution in [0.2, 0.25) is 0 Å². The highest BCUT2D eigenvalue weighted by atomic mass is 16.6. The van der Waals surface area contributed by atoms with Crippen LogP contribution in [-0.2, 0) is 22.4 Å². The van der Waals surface area contributed by atoms with Gasteiger partial charge in [0.1, 0.15) is 11.6 Å². The molecule has 1 fully saturated rings. The third-order valence-electron chi connectivity index (χ3n) is 5.82. The van der Waals surface area contributed by atoms with Crippen LogP contribution >= 0.6 is 0 Å². The third kappa shape index (κ3) is 4.53. The van der Waals surface area contributed by atoms with Crippen LogP contribution in [0.4, 0.5) is 4.79 Å². The monoisotopic (exact) mass is 413 g/mol. The van der Waals surface area contributed by atoms with E-state index >= 15 is 0 Å². The molecule has 31 heavy (non-hydrogen) atoms. The molecule has 1 saturated heterocycles. The summed E-state index contributed by atoms with van der Waals surface area (Å²) in [5, 5.41) is 0. The smallest absolute Gasteiger partial charge is 0.417 e. The average molecular weight is 414 g/mol. The largest absolute Gasteiger partial charge is 0.440 e. The molecule has 158 valence electrons. The van der Waals surface area contributed by atoms with E-state index in [2.05, 4.69) is 0 Å². The van der Waals surface area contributed by atoms with Gasteiger partial charge in [-0.05, 0) is 43.4 Å². The second-order valence-corrected chi connectivity index (χ2v) is 8.57. The quantitative estimate of drug-likeness (QED) is 0.529. The van der Waals surface area contributed by atoms with Crippen molar-refractivity contribution in [1.29, 1.82) is 0 Å².